The monoisotopic (exact) mass is 212 g/mol. The predicted molar refractivity (Wildman–Crippen MR) is 42.2 cm³/mol. The highest BCUT2D eigenvalue weighted by atomic mass is 19.2. The first-order valence-electron chi connectivity index (χ1n) is 3.94. The van der Waals surface area contributed by atoms with E-state index in [0.29, 0.717) is 0 Å². The third-order valence-corrected chi connectivity index (χ3v) is 1.06. The summed E-state index contributed by atoms with van der Waals surface area (Å²) in [7, 11) is 0. The fourth-order valence-corrected chi connectivity index (χ4v) is 0.544. The van der Waals surface area contributed by atoms with Crippen LogP contribution in [0.15, 0.2) is 6.07 Å². The van der Waals surface area contributed by atoms with Crippen molar-refractivity contribution < 1.29 is 22.0 Å². The quantitative estimate of drug-likeness (QED) is 0.348. The van der Waals surface area contributed by atoms with Gasteiger partial charge in [0.25, 0.3) is 0 Å². The van der Waals surface area contributed by atoms with E-state index in [1.54, 1.807) is 0 Å². The molecule has 14 heavy (non-hydrogen) atoms. The molecule has 0 fully saturated rings. The summed E-state index contributed by atoms with van der Waals surface area (Å²) in [5, 5.41) is 0. The zero-order chi connectivity index (χ0) is 11.3. The molecule has 1 aromatic rings. The van der Waals surface area contributed by atoms with Crippen molar-refractivity contribution in [1.29, 1.82) is 0 Å². The lowest BCUT2D eigenvalue weighted by molar-refractivity contribution is 0.378. The summed E-state index contributed by atoms with van der Waals surface area (Å²) in [6.45, 7) is 4.25. The number of hydrogen-bond acceptors (Lipinski definition) is 0. The lowest BCUT2D eigenvalue weighted by Crippen LogP contribution is -1.98. The minimum atomic E-state index is -2.14. The lowest BCUT2D eigenvalue weighted by atomic mass is 10.3. The van der Waals surface area contributed by atoms with Crippen LogP contribution in [0, 0.1) is 29.1 Å². The average molecular weight is 212 g/mol. The van der Waals surface area contributed by atoms with Gasteiger partial charge >= 0.3 is 0 Å². The molecule has 0 saturated heterocycles. The normalized spacial score (nSPS) is 9.36. The van der Waals surface area contributed by atoms with Crippen molar-refractivity contribution >= 4 is 0 Å². The van der Waals surface area contributed by atoms with Crippen molar-refractivity contribution in [2.75, 3.05) is 0 Å². The fraction of sp³-hybridized carbons (Fsp3) is 0.333. The molecule has 1 aromatic carbocycles. The van der Waals surface area contributed by atoms with Gasteiger partial charge < -0.3 is 0 Å². The number of halogens is 5. The van der Waals surface area contributed by atoms with Crippen LogP contribution in [0.3, 0.4) is 0 Å². The van der Waals surface area contributed by atoms with Gasteiger partial charge in [0.2, 0.25) is 5.82 Å². The van der Waals surface area contributed by atoms with Crippen LogP contribution in [0.1, 0.15) is 20.3 Å². The smallest absolute Gasteiger partial charge is 0.200 e. The van der Waals surface area contributed by atoms with Gasteiger partial charge in [-0.3, -0.25) is 0 Å². The molecule has 1 rings (SSSR count). The molecule has 0 heterocycles. The van der Waals surface area contributed by atoms with Crippen LogP contribution in [-0.4, -0.2) is 0 Å². The van der Waals surface area contributed by atoms with Gasteiger partial charge in [0.1, 0.15) is 0 Å². The maximum absolute atomic E-state index is 12.0. The molecule has 5 heteroatoms. The second-order valence-corrected chi connectivity index (χ2v) is 2.49. The lowest BCUT2D eigenvalue weighted by Gasteiger charge is -1.96. The second-order valence-electron chi connectivity index (χ2n) is 2.49. The molecule has 0 atom stereocenters. The van der Waals surface area contributed by atoms with Gasteiger partial charge in [0.15, 0.2) is 23.3 Å². The second kappa shape index (κ2) is 5.57. The van der Waals surface area contributed by atoms with Crippen molar-refractivity contribution in [1.82, 2.24) is 0 Å². The van der Waals surface area contributed by atoms with E-state index in [-0.39, 0.29) is 6.07 Å². The number of benzene rings is 1. The molecule has 0 aliphatic heterocycles. The van der Waals surface area contributed by atoms with Crippen molar-refractivity contribution in [3.8, 4) is 0 Å². The van der Waals surface area contributed by atoms with E-state index in [2.05, 4.69) is 13.8 Å². The van der Waals surface area contributed by atoms with E-state index < -0.39 is 29.1 Å². The van der Waals surface area contributed by atoms with Gasteiger partial charge in [0.05, 0.1) is 0 Å². The minimum absolute atomic E-state index is 0.0618. The molecule has 0 N–H and O–H groups in total. The minimum Gasteiger partial charge on any atom is -0.204 e. The summed E-state index contributed by atoms with van der Waals surface area (Å²) in [4.78, 5) is 0. The van der Waals surface area contributed by atoms with Crippen LogP contribution >= 0.6 is 0 Å². The van der Waals surface area contributed by atoms with Crippen LogP contribution in [-0.2, 0) is 0 Å². The van der Waals surface area contributed by atoms with Gasteiger partial charge in [0, 0.05) is 6.07 Å². The summed E-state index contributed by atoms with van der Waals surface area (Å²) < 4.78 is 60.0. The largest absolute Gasteiger partial charge is 0.204 e. The zero-order valence-electron chi connectivity index (χ0n) is 7.67. The Balaban J connectivity index is 0.000000500. The molecular weight excluding hydrogens is 203 g/mol. The Kier molecular flexibility index (Phi) is 5.12. The maximum atomic E-state index is 12.0. The fourth-order valence-electron chi connectivity index (χ4n) is 0.544. The van der Waals surface area contributed by atoms with E-state index in [0.717, 1.165) is 0 Å². The van der Waals surface area contributed by atoms with Crippen LogP contribution in [0.2, 0.25) is 0 Å². The Hall–Kier alpha value is -1.13. The first kappa shape index (κ1) is 12.9. The highest BCUT2D eigenvalue weighted by Crippen LogP contribution is 2.16. The van der Waals surface area contributed by atoms with Crippen molar-refractivity contribution in [3.05, 3.63) is 35.2 Å². The van der Waals surface area contributed by atoms with Crippen LogP contribution in [0.5, 0.6) is 0 Å². The van der Waals surface area contributed by atoms with Crippen LogP contribution in [0.25, 0.3) is 0 Å². The Morgan fingerprint density at radius 3 is 1.36 bits per heavy atom. The van der Waals surface area contributed by atoms with Crippen molar-refractivity contribution in [2.24, 2.45) is 0 Å². The predicted octanol–water partition coefficient (Wildman–Crippen LogP) is 3.80. The number of hydrogen-bond donors (Lipinski definition) is 0. The summed E-state index contributed by atoms with van der Waals surface area (Å²) in [6, 6.07) is -0.0618. The van der Waals surface area contributed by atoms with E-state index in [4.69, 9.17) is 0 Å². The van der Waals surface area contributed by atoms with E-state index in [1.807, 2.05) is 0 Å². The Bertz CT molecular complexity index is 282. The Morgan fingerprint density at radius 2 is 1.07 bits per heavy atom. The highest BCUT2D eigenvalue weighted by Gasteiger charge is 2.18. The van der Waals surface area contributed by atoms with Gasteiger partial charge in [-0.2, -0.15) is 0 Å². The topological polar surface area (TPSA) is 0 Å². The van der Waals surface area contributed by atoms with Crippen LogP contribution in [0.4, 0.5) is 22.0 Å². The molecule has 80 valence electrons. The van der Waals surface area contributed by atoms with Gasteiger partial charge in [-0.25, -0.2) is 22.0 Å². The molecule has 0 spiro atoms. The van der Waals surface area contributed by atoms with Crippen molar-refractivity contribution in [3.63, 3.8) is 0 Å². The first-order valence-corrected chi connectivity index (χ1v) is 3.94. The van der Waals surface area contributed by atoms with E-state index >= 15 is 0 Å². The SMILES string of the molecule is CCC.Fc1cc(F)c(F)c(F)c1F. The summed E-state index contributed by atoms with van der Waals surface area (Å²) >= 11 is 0. The Labute approximate surface area is 78.4 Å². The molecule has 0 nitrogen and oxygen atoms in total. The van der Waals surface area contributed by atoms with E-state index in [1.165, 1.54) is 6.42 Å². The third kappa shape index (κ3) is 2.97. The summed E-state index contributed by atoms with van der Waals surface area (Å²) in [6.07, 6.45) is 1.25. The standard InChI is InChI=1S/C6HF5.C3H8/c7-2-1-3(8)5(10)6(11)4(2)9;1-3-2/h1H;3H2,1-2H3. The molecule has 0 saturated carbocycles. The van der Waals surface area contributed by atoms with Crippen molar-refractivity contribution in [2.45, 2.75) is 20.3 Å². The maximum Gasteiger partial charge on any atom is 0.200 e. The molecule has 0 bridgehead atoms. The van der Waals surface area contributed by atoms with Gasteiger partial charge in [-0.15, -0.1) is 0 Å². The average Bonchev–Trinajstić information content (AvgIpc) is 2.13. The highest BCUT2D eigenvalue weighted by molar-refractivity contribution is 5.12. The molecule has 0 aliphatic rings. The molecule has 0 aliphatic carbocycles. The third-order valence-electron chi connectivity index (χ3n) is 1.06. The molecular formula is C9H9F5. The zero-order valence-corrected chi connectivity index (χ0v) is 7.67. The first-order chi connectivity index (χ1) is 6.45. The Morgan fingerprint density at radius 1 is 0.786 bits per heavy atom. The molecule has 0 amide bonds. The molecule has 0 unspecified atom stereocenters. The van der Waals surface area contributed by atoms with Gasteiger partial charge in [-0.1, -0.05) is 20.3 Å². The van der Waals surface area contributed by atoms with Crippen LogP contribution < -0.4 is 0 Å². The van der Waals surface area contributed by atoms with Gasteiger partial charge in [-0.05, 0) is 0 Å². The molecule has 0 aromatic heterocycles. The summed E-state index contributed by atoms with van der Waals surface area (Å²) in [5.74, 6) is -9.65. The summed E-state index contributed by atoms with van der Waals surface area (Å²) in [5.41, 5.74) is 0. The number of rotatable bonds is 0. The molecule has 0 radical (unpaired) electrons. The van der Waals surface area contributed by atoms with E-state index in [9.17, 15) is 22.0 Å².